The number of methoxy groups -OCH3 is 1. The van der Waals surface area contributed by atoms with Gasteiger partial charge in [-0.2, -0.15) is 0 Å². The third-order valence-corrected chi connectivity index (χ3v) is 3.43. The lowest BCUT2D eigenvalue weighted by molar-refractivity contribution is 0.331. The Morgan fingerprint density at radius 1 is 1.17 bits per heavy atom. The molecule has 0 aliphatic heterocycles. The number of rotatable bonds is 5. The van der Waals surface area contributed by atoms with Gasteiger partial charge in [-0.05, 0) is 43.5 Å². The molecule has 4 heteroatoms. The maximum atomic E-state index is 5.61. The number of aromatic nitrogens is 1. The van der Waals surface area contributed by atoms with E-state index in [4.69, 9.17) is 9.47 Å². The first-order valence-corrected chi connectivity index (χ1v) is 7.05. The van der Waals surface area contributed by atoms with Crippen LogP contribution in [0.25, 0.3) is 5.69 Å². The fourth-order valence-corrected chi connectivity index (χ4v) is 2.50. The van der Waals surface area contributed by atoms with E-state index >= 15 is 0 Å². The molecule has 96 valence electrons. The van der Waals surface area contributed by atoms with Gasteiger partial charge in [0.15, 0.2) is 5.75 Å². The Morgan fingerprint density at radius 3 is 2.44 bits per heavy atom. The zero-order chi connectivity index (χ0) is 13.0. The van der Waals surface area contributed by atoms with E-state index < -0.39 is 0 Å². The fraction of sp³-hybridized carbons (Fsp3) is 0.286. The second kappa shape index (κ2) is 5.87. The molecule has 1 aromatic carbocycles. The van der Waals surface area contributed by atoms with E-state index in [-0.39, 0.29) is 0 Å². The van der Waals surface area contributed by atoms with E-state index in [1.165, 1.54) is 0 Å². The summed E-state index contributed by atoms with van der Waals surface area (Å²) in [6, 6.07) is 9.99. The zero-order valence-electron chi connectivity index (χ0n) is 10.8. The van der Waals surface area contributed by atoms with Crippen LogP contribution >= 0.6 is 11.8 Å². The smallest absolute Gasteiger partial charge is 0.151 e. The van der Waals surface area contributed by atoms with Crippen molar-refractivity contribution in [3.05, 3.63) is 36.5 Å². The molecule has 0 N–H and O–H groups in total. The Kier molecular flexibility index (Phi) is 4.20. The molecule has 1 heterocycles. The van der Waals surface area contributed by atoms with E-state index in [1.807, 2.05) is 43.5 Å². The zero-order valence-corrected chi connectivity index (χ0v) is 11.7. The molecule has 18 heavy (non-hydrogen) atoms. The third kappa shape index (κ3) is 2.48. The second-order valence-electron chi connectivity index (χ2n) is 3.69. The van der Waals surface area contributed by atoms with Gasteiger partial charge in [-0.25, -0.2) is 0 Å². The van der Waals surface area contributed by atoms with Crippen LogP contribution in [0.15, 0.2) is 41.6 Å². The summed E-state index contributed by atoms with van der Waals surface area (Å²) in [5, 5.41) is 1.11. The summed E-state index contributed by atoms with van der Waals surface area (Å²) in [5.74, 6) is 1.79. The molecule has 3 nitrogen and oxygen atoms in total. The highest BCUT2D eigenvalue weighted by Gasteiger charge is 2.10. The fourth-order valence-electron chi connectivity index (χ4n) is 1.81. The standard InChI is InChI=1S/C14H17NO2S/c1-4-17-13-9-10-15(14(13)18-3)11-5-7-12(16-2)8-6-11/h5-10H,4H2,1-3H3. The second-order valence-corrected chi connectivity index (χ2v) is 4.49. The van der Waals surface area contributed by atoms with Gasteiger partial charge in [0, 0.05) is 11.9 Å². The molecular weight excluding hydrogens is 246 g/mol. The van der Waals surface area contributed by atoms with Crippen molar-refractivity contribution >= 4 is 11.8 Å². The summed E-state index contributed by atoms with van der Waals surface area (Å²) in [7, 11) is 1.67. The summed E-state index contributed by atoms with van der Waals surface area (Å²) in [4.78, 5) is 0. The summed E-state index contributed by atoms with van der Waals surface area (Å²) in [5.41, 5.74) is 1.10. The van der Waals surface area contributed by atoms with Gasteiger partial charge in [0.05, 0.1) is 13.7 Å². The van der Waals surface area contributed by atoms with Crippen molar-refractivity contribution in [1.29, 1.82) is 0 Å². The lowest BCUT2D eigenvalue weighted by Crippen LogP contribution is -1.96. The SMILES string of the molecule is CCOc1ccn(-c2ccc(OC)cc2)c1SC. The van der Waals surface area contributed by atoms with Crippen LogP contribution in [-0.4, -0.2) is 24.5 Å². The van der Waals surface area contributed by atoms with Gasteiger partial charge in [-0.1, -0.05) is 0 Å². The minimum Gasteiger partial charge on any atom is -0.497 e. The van der Waals surface area contributed by atoms with Crippen LogP contribution in [-0.2, 0) is 0 Å². The quantitative estimate of drug-likeness (QED) is 0.770. The Balaban J connectivity index is 2.36. The van der Waals surface area contributed by atoms with Crippen molar-refractivity contribution in [3.8, 4) is 17.2 Å². The molecule has 0 aliphatic rings. The molecule has 0 spiro atoms. The number of hydrogen-bond acceptors (Lipinski definition) is 3. The predicted molar refractivity (Wildman–Crippen MR) is 75.3 cm³/mol. The average Bonchev–Trinajstić information content (AvgIpc) is 2.82. The molecule has 2 aromatic rings. The first kappa shape index (κ1) is 12.9. The first-order valence-electron chi connectivity index (χ1n) is 5.82. The van der Waals surface area contributed by atoms with Crippen LogP contribution in [0.5, 0.6) is 11.5 Å². The molecule has 0 aliphatic carbocycles. The molecule has 0 fully saturated rings. The highest BCUT2D eigenvalue weighted by molar-refractivity contribution is 7.98. The summed E-state index contributed by atoms with van der Waals surface area (Å²) in [6.07, 6.45) is 4.08. The number of hydrogen-bond donors (Lipinski definition) is 0. The maximum absolute atomic E-state index is 5.61. The van der Waals surface area contributed by atoms with Crippen LogP contribution in [0.2, 0.25) is 0 Å². The number of nitrogens with zero attached hydrogens (tertiary/aromatic N) is 1. The minimum absolute atomic E-state index is 0.681. The topological polar surface area (TPSA) is 23.4 Å². The summed E-state index contributed by atoms with van der Waals surface area (Å²) < 4.78 is 12.9. The van der Waals surface area contributed by atoms with Crippen molar-refractivity contribution in [1.82, 2.24) is 4.57 Å². The highest BCUT2D eigenvalue weighted by Crippen LogP contribution is 2.32. The van der Waals surface area contributed by atoms with Gasteiger partial charge >= 0.3 is 0 Å². The van der Waals surface area contributed by atoms with Crippen molar-refractivity contribution < 1.29 is 9.47 Å². The highest BCUT2D eigenvalue weighted by atomic mass is 32.2. The van der Waals surface area contributed by atoms with Crippen LogP contribution in [0, 0.1) is 0 Å². The van der Waals surface area contributed by atoms with Gasteiger partial charge in [-0.3, -0.25) is 0 Å². The van der Waals surface area contributed by atoms with E-state index in [9.17, 15) is 0 Å². The van der Waals surface area contributed by atoms with Crippen molar-refractivity contribution in [2.75, 3.05) is 20.0 Å². The van der Waals surface area contributed by atoms with E-state index in [0.717, 1.165) is 22.2 Å². The maximum Gasteiger partial charge on any atom is 0.151 e. The van der Waals surface area contributed by atoms with Gasteiger partial charge < -0.3 is 14.0 Å². The molecule has 0 unspecified atom stereocenters. The predicted octanol–water partition coefficient (Wildman–Crippen LogP) is 3.61. The van der Waals surface area contributed by atoms with Crippen LogP contribution in [0.3, 0.4) is 0 Å². The van der Waals surface area contributed by atoms with Gasteiger partial charge in [0.1, 0.15) is 10.8 Å². The molecule has 0 saturated carbocycles. The minimum atomic E-state index is 0.681. The number of benzene rings is 1. The lowest BCUT2D eigenvalue weighted by Gasteiger charge is -2.10. The normalized spacial score (nSPS) is 10.4. The molecular formula is C14H17NO2S. The molecule has 0 bridgehead atoms. The van der Waals surface area contributed by atoms with Gasteiger partial charge in [0.2, 0.25) is 0 Å². The van der Waals surface area contributed by atoms with Crippen LogP contribution < -0.4 is 9.47 Å². The average molecular weight is 263 g/mol. The Morgan fingerprint density at radius 2 is 1.89 bits per heavy atom. The number of ether oxygens (including phenoxy) is 2. The Bertz CT molecular complexity index is 505. The Labute approximate surface area is 112 Å². The molecule has 0 radical (unpaired) electrons. The molecule has 2 rings (SSSR count). The van der Waals surface area contributed by atoms with E-state index in [1.54, 1.807) is 18.9 Å². The van der Waals surface area contributed by atoms with Crippen molar-refractivity contribution in [2.24, 2.45) is 0 Å². The first-order chi connectivity index (χ1) is 8.80. The van der Waals surface area contributed by atoms with Crippen LogP contribution in [0.4, 0.5) is 0 Å². The monoisotopic (exact) mass is 263 g/mol. The van der Waals surface area contributed by atoms with Crippen molar-refractivity contribution in [3.63, 3.8) is 0 Å². The third-order valence-electron chi connectivity index (χ3n) is 2.65. The van der Waals surface area contributed by atoms with E-state index in [0.29, 0.717) is 6.61 Å². The number of thioether (sulfide) groups is 1. The largest absolute Gasteiger partial charge is 0.497 e. The Hall–Kier alpha value is -1.55. The lowest BCUT2D eigenvalue weighted by atomic mass is 10.3. The van der Waals surface area contributed by atoms with Crippen LogP contribution in [0.1, 0.15) is 6.92 Å². The van der Waals surface area contributed by atoms with Gasteiger partial charge in [0.25, 0.3) is 0 Å². The van der Waals surface area contributed by atoms with Crippen molar-refractivity contribution in [2.45, 2.75) is 11.9 Å². The molecule has 0 saturated heterocycles. The van der Waals surface area contributed by atoms with E-state index in [2.05, 4.69) is 10.8 Å². The summed E-state index contributed by atoms with van der Waals surface area (Å²) >= 11 is 1.68. The van der Waals surface area contributed by atoms with Gasteiger partial charge in [-0.15, -0.1) is 11.8 Å². The summed E-state index contributed by atoms with van der Waals surface area (Å²) in [6.45, 7) is 2.68. The molecule has 0 atom stereocenters. The molecule has 1 aromatic heterocycles. The molecule has 0 amide bonds.